The Morgan fingerprint density at radius 2 is 1.41 bits per heavy atom. The molecule has 0 aliphatic rings. The van der Waals surface area contributed by atoms with E-state index in [1.807, 2.05) is 11.3 Å². The molecule has 6 rings (SSSR count). The summed E-state index contributed by atoms with van der Waals surface area (Å²) in [5.41, 5.74) is 3.74. The Balaban J connectivity index is 1.95. The number of rotatable bonds is 1. The van der Waals surface area contributed by atoms with Gasteiger partial charge in [-0.05, 0) is 30.3 Å². The van der Waals surface area contributed by atoms with Gasteiger partial charge < -0.3 is 4.57 Å². The van der Waals surface area contributed by atoms with Crippen LogP contribution in [0.3, 0.4) is 0 Å². The molecule has 3 heteroatoms. The minimum Gasteiger partial charge on any atom is -0.308 e. The lowest BCUT2D eigenvalue weighted by Crippen LogP contribution is -1.93. The number of nitrogens with zero attached hydrogens (tertiary/aromatic N) is 1. The van der Waals surface area contributed by atoms with Gasteiger partial charge in [0.2, 0.25) is 0 Å². The zero-order chi connectivity index (χ0) is 18.0. The smallest absolute Gasteiger partial charge is 0.0720 e. The molecule has 0 bridgehead atoms. The summed E-state index contributed by atoms with van der Waals surface area (Å²) in [7, 11) is 0. The molecule has 128 valence electrons. The van der Waals surface area contributed by atoms with Crippen LogP contribution in [0.4, 0.5) is 0 Å². The fourth-order valence-corrected chi connectivity index (χ4v) is 6.17. The third-order valence-corrected chi connectivity index (χ3v) is 7.05. The third-order valence-electron chi connectivity index (χ3n) is 5.25. The van der Waals surface area contributed by atoms with Crippen molar-refractivity contribution in [1.82, 2.24) is 4.57 Å². The van der Waals surface area contributed by atoms with Gasteiger partial charge in [-0.1, -0.05) is 70.5 Å². The number of halogens is 1. The van der Waals surface area contributed by atoms with Gasteiger partial charge in [0.15, 0.2) is 0 Å². The van der Waals surface area contributed by atoms with Gasteiger partial charge in [-0.25, -0.2) is 0 Å². The Kier molecular flexibility index (Phi) is 3.25. The van der Waals surface area contributed by atoms with Crippen LogP contribution in [0.2, 0.25) is 0 Å². The number of para-hydroxylation sites is 2. The van der Waals surface area contributed by atoms with E-state index in [2.05, 4.69) is 105 Å². The first-order valence-corrected chi connectivity index (χ1v) is 10.5. The monoisotopic (exact) mass is 427 g/mol. The largest absolute Gasteiger partial charge is 0.308 e. The van der Waals surface area contributed by atoms with E-state index < -0.39 is 0 Å². The first kappa shape index (κ1) is 15.4. The SMILES string of the molecule is Brc1cc2c3ccccc3n(-c3ccccc3)c2c2sc3ccccc3c12. The highest BCUT2D eigenvalue weighted by Crippen LogP contribution is 2.45. The molecule has 0 saturated carbocycles. The molecular formula is C24H14BrNS. The van der Waals surface area contributed by atoms with Crippen molar-refractivity contribution in [1.29, 1.82) is 0 Å². The van der Waals surface area contributed by atoms with Crippen LogP contribution in [0, 0.1) is 0 Å². The first-order chi connectivity index (χ1) is 13.3. The van der Waals surface area contributed by atoms with E-state index in [0.717, 1.165) is 0 Å². The summed E-state index contributed by atoms with van der Waals surface area (Å²) in [6, 6.07) is 30.3. The molecule has 0 aliphatic carbocycles. The predicted molar refractivity (Wildman–Crippen MR) is 121 cm³/mol. The van der Waals surface area contributed by atoms with Crippen molar-refractivity contribution in [3.8, 4) is 5.69 Å². The summed E-state index contributed by atoms with van der Waals surface area (Å²) in [6.07, 6.45) is 0. The lowest BCUT2D eigenvalue weighted by molar-refractivity contribution is 1.19. The summed E-state index contributed by atoms with van der Waals surface area (Å²) in [4.78, 5) is 0. The maximum Gasteiger partial charge on any atom is 0.0720 e. The van der Waals surface area contributed by atoms with E-state index in [1.54, 1.807) is 0 Å². The second-order valence-corrected chi connectivity index (χ2v) is 8.65. The number of hydrogen-bond donors (Lipinski definition) is 0. The van der Waals surface area contributed by atoms with E-state index in [-0.39, 0.29) is 0 Å². The molecule has 0 saturated heterocycles. The van der Waals surface area contributed by atoms with Crippen LogP contribution in [0.25, 0.3) is 47.7 Å². The van der Waals surface area contributed by atoms with Crippen LogP contribution in [-0.4, -0.2) is 4.57 Å². The molecule has 0 unspecified atom stereocenters. The lowest BCUT2D eigenvalue weighted by Gasteiger charge is -2.08. The van der Waals surface area contributed by atoms with Crippen molar-refractivity contribution >= 4 is 69.2 Å². The fraction of sp³-hybridized carbons (Fsp3) is 0. The Morgan fingerprint density at radius 3 is 2.26 bits per heavy atom. The van der Waals surface area contributed by atoms with E-state index in [9.17, 15) is 0 Å². The molecule has 27 heavy (non-hydrogen) atoms. The van der Waals surface area contributed by atoms with Gasteiger partial charge in [0.25, 0.3) is 0 Å². The highest BCUT2D eigenvalue weighted by Gasteiger charge is 2.19. The highest BCUT2D eigenvalue weighted by molar-refractivity contribution is 9.10. The number of aromatic nitrogens is 1. The average Bonchev–Trinajstić information content (AvgIpc) is 3.25. The number of thiophene rings is 1. The standard InChI is InChI=1S/C24H14BrNS/c25-19-14-18-16-10-4-6-12-20(16)26(15-8-2-1-3-9-15)23(18)24-22(19)17-11-5-7-13-21(17)27-24/h1-14H. The maximum atomic E-state index is 3.87. The molecule has 6 aromatic rings. The van der Waals surface area contributed by atoms with Gasteiger partial charge in [-0.15, -0.1) is 11.3 Å². The zero-order valence-electron chi connectivity index (χ0n) is 14.3. The van der Waals surface area contributed by atoms with Crippen molar-refractivity contribution in [2.75, 3.05) is 0 Å². The molecule has 2 aromatic heterocycles. The summed E-state index contributed by atoms with van der Waals surface area (Å²) < 4.78 is 6.24. The summed E-state index contributed by atoms with van der Waals surface area (Å²) in [5.74, 6) is 0. The molecular weight excluding hydrogens is 414 g/mol. The Morgan fingerprint density at radius 1 is 0.704 bits per heavy atom. The average molecular weight is 428 g/mol. The van der Waals surface area contributed by atoms with Gasteiger partial charge in [-0.2, -0.15) is 0 Å². The first-order valence-electron chi connectivity index (χ1n) is 8.91. The summed E-state index contributed by atoms with van der Waals surface area (Å²) in [6.45, 7) is 0. The second kappa shape index (κ2) is 5.69. The van der Waals surface area contributed by atoms with E-state index >= 15 is 0 Å². The minimum absolute atomic E-state index is 1.17. The molecule has 0 atom stereocenters. The molecule has 0 N–H and O–H groups in total. The van der Waals surface area contributed by atoms with E-state index in [4.69, 9.17) is 0 Å². The number of fused-ring (bicyclic) bond motifs is 7. The van der Waals surface area contributed by atoms with Crippen LogP contribution in [0.1, 0.15) is 0 Å². The Labute approximate surface area is 168 Å². The van der Waals surface area contributed by atoms with Gasteiger partial charge in [-0.3, -0.25) is 0 Å². The molecule has 0 spiro atoms. The zero-order valence-corrected chi connectivity index (χ0v) is 16.7. The highest BCUT2D eigenvalue weighted by atomic mass is 79.9. The minimum atomic E-state index is 1.17. The molecule has 1 nitrogen and oxygen atoms in total. The van der Waals surface area contributed by atoms with Crippen LogP contribution in [0.15, 0.2) is 89.4 Å². The summed E-state index contributed by atoms with van der Waals surface area (Å²) in [5, 5.41) is 5.20. The van der Waals surface area contributed by atoms with Gasteiger partial charge >= 0.3 is 0 Å². The molecule has 0 fully saturated rings. The van der Waals surface area contributed by atoms with Crippen molar-refractivity contribution in [3.05, 3.63) is 89.4 Å². The van der Waals surface area contributed by atoms with Crippen LogP contribution >= 0.6 is 27.3 Å². The lowest BCUT2D eigenvalue weighted by atomic mass is 10.1. The summed E-state index contributed by atoms with van der Waals surface area (Å²) >= 11 is 5.75. The molecule has 0 aliphatic heterocycles. The van der Waals surface area contributed by atoms with Crippen molar-refractivity contribution < 1.29 is 0 Å². The Hall–Kier alpha value is -2.62. The van der Waals surface area contributed by atoms with Crippen LogP contribution in [-0.2, 0) is 0 Å². The maximum absolute atomic E-state index is 3.87. The fourth-order valence-electron chi connectivity index (χ4n) is 4.13. The third kappa shape index (κ3) is 2.10. The normalized spacial score (nSPS) is 11.9. The van der Waals surface area contributed by atoms with E-state index in [1.165, 1.54) is 52.1 Å². The van der Waals surface area contributed by atoms with Gasteiger partial charge in [0.05, 0.1) is 15.7 Å². The van der Waals surface area contributed by atoms with Gasteiger partial charge in [0.1, 0.15) is 0 Å². The van der Waals surface area contributed by atoms with Crippen molar-refractivity contribution in [2.45, 2.75) is 0 Å². The van der Waals surface area contributed by atoms with Crippen LogP contribution in [0.5, 0.6) is 0 Å². The quantitative estimate of drug-likeness (QED) is 0.251. The van der Waals surface area contributed by atoms with Gasteiger partial charge in [0, 0.05) is 36.4 Å². The predicted octanol–water partition coefficient (Wildman–Crippen LogP) is 7.91. The topological polar surface area (TPSA) is 4.93 Å². The van der Waals surface area contributed by atoms with Crippen molar-refractivity contribution in [3.63, 3.8) is 0 Å². The van der Waals surface area contributed by atoms with Crippen LogP contribution < -0.4 is 0 Å². The number of benzene rings is 4. The molecule has 0 amide bonds. The second-order valence-electron chi connectivity index (χ2n) is 6.75. The Bertz CT molecular complexity index is 1470. The van der Waals surface area contributed by atoms with Crippen molar-refractivity contribution in [2.24, 2.45) is 0 Å². The van der Waals surface area contributed by atoms with E-state index in [0.29, 0.717) is 0 Å². The molecule has 2 heterocycles. The molecule has 0 radical (unpaired) electrons. The number of hydrogen-bond acceptors (Lipinski definition) is 1. The molecule has 4 aromatic carbocycles.